The fourth-order valence-electron chi connectivity index (χ4n) is 4.10. The molecule has 2 aliphatic heterocycles. The molecule has 1 aromatic carbocycles. The van der Waals surface area contributed by atoms with E-state index in [1.807, 2.05) is 43.0 Å². The van der Waals surface area contributed by atoms with E-state index < -0.39 is 6.17 Å². The van der Waals surface area contributed by atoms with Crippen LogP contribution >= 0.6 is 0 Å². The Labute approximate surface area is 171 Å². The summed E-state index contributed by atoms with van der Waals surface area (Å²) in [5, 5.41) is 2.95. The van der Waals surface area contributed by atoms with Gasteiger partial charge in [-0.05, 0) is 36.5 Å². The Morgan fingerprint density at radius 2 is 2.03 bits per heavy atom. The second kappa shape index (κ2) is 7.65. The lowest BCUT2D eigenvalue weighted by atomic mass is 9.73. The van der Waals surface area contributed by atoms with Crippen molar-refractivity contribution >= 4 is 11.6 Å². The Balaban J connectivity index is 1.40. The summed E-state index contributed by atoms with van der Waals surface area (Å²) in [4.78, 5) is 18.6. The number of carbonyl (C=O) groups is 1. The minimum absolute atomic E-state index is 0.139. The number of nitrogens with one attached hydrogen (secondary N) is 1. The molecular weight excluding hydrogens is 369 g/mol. The molecule has 1 amide bonds. The molecule has 1 unspecified atom stereocenters. The first-order chi connectivity index (χ1) is 13.8. The van der Waals surface area contributed by atoms with E-state index in [-0.39, 0.29) is 17.2 Å². The number of alkyl halides is 1. The fourth-order valence-corrected chi connectivity index (χ4v) is 4.10. The van der Waals surface area contributed by atoms with Gasteiger partial charge in [-0.2, -0.15) is 0 Å². The molecule has 0 saturated carbocycles. The van der Waals surface area contributed by atoms with Crippen LogP contribution in [0.4, 0.5) is 10.1 Å². The Morgan fingerprint density at radius 1 is 1.31 bits per heavy atom. The molecule has 2 fully saturated rings. The van der Waals surface area contributed by atoms with Gasteiger partial charge in [0.05, 0.1) is 18.5 Å². The number of halogens is 1. The van der Waals surface area contributed by atoms with Crippen LogP contribution in [0.25, 0.3) is 0 Å². The zero-order valence-electron chi connectivity index (χ0n) is 17.2. The van der Waals surface area contributed by atoms with E-state index in [1.165, 1.54) is 0 Å². The highest BCUT2D eigenvalue weighted by molar-refractivity contribution is 5.85. The van der Waals surface area contributed by atoms with E-state index in [1.54, 1.807) is 0 Å². The normalized spacial score (nSPS) is 22.9. The molecule has 0 spiro atoms. The van der Waals surface area contributed by atoms with Crippen molar-refractivity contribution in [2.75, 3.05) is 24.5 Å². The summed E-state index contributed by atoms with van der Waals surface area (Å²) in [5.74, 6) is 0.840. The number of rotatable bonds is 6. The number of anilines is 1. The van der Waals surface area contributed by atoms with Crippen molar-refractivity contribution in [2.24, 2.45) is 5.41 Å². The summed E-state index contributed by atoms with van der Waals surface area (Å²) in [7, 11) is 0. The van der Waals surface area contributed by atoms with Gasteiger partial charge in [0, 0.05) is 24.0 Å². The third-order valence-corrected chi connectivity index (χ3v) is 6.39. The molecule has 4 rings (SSSR count). The number of amides is 1. The summed E-state index contributed by atoms with van der Waals surface area (Å²) in [5.41, 5.74) is 3.65. The van der Waals surface area contributed by atoms with Gasteiger partial charge in [0.2, 0.25) is 11.8 Å². The van der Waals surface area contributed by atoms with Gasteiger partial charge >= 0.3 is 0 Å². The largest absolute Gasteiger partial charge is 0.473 e. The third-order valence-electron chi connectivity index (χ3n) is 6.39. The Morgan fingerprint density at radius 3 is 2.66 bits per heavy atom. The molecule has 0 radical (unpaired) electrons. The average Bonchev–Trinajstić information content (AvgIpc) is 3.03. The van der Waals surface area contributed by atoms with Crippen LogP contribution in [0.3, 0.4) is 0 Å². The molecule has 3 heterocycles. The summed E-state index contributed by atoms with van der Waals surface area (Å²) in [6, 6.07) is 12.1. The summed E-state index contributed by atoms with van der Waals surface area (Å²) in [6.45, 7) is 8.10. The van der Waals surface area contributed by atoms with Gasteiger partial charge in [0.25, 0.3) is 0 Å². The number of aryl methyl sites for hydroxylation is 1. The number of carbonyl (C=O) groups excluding carboxylic acids is 1. The monoisotopic (exact) mass is 397 g/mol. The van der Waals surface area contributed by atoms with Gasteiger partial charge in [-0.3, -0.25) is 4.79 Å². The number of aromatic nitrogens is 1. The molecule has 29 heavy (non-hydrogen) atoms. The number of hydrogen-bond donors (Lipinski definition) is 1. The molecule has 2 aliphatic rings. The molecule has 2 atom stereocenters. The van der Waals surface area contributed by atoms with Crippen LogP contribution in [0.2, 0.25) is 0 Å². The lowest BCUT2D eigenvalue weighted by molar-refractivity contribution is -0.127. The molecule has 1 aromatic heterocycles. The number of hydrogen-bond acceptors (Lipinski definition) is 4. The number of ether oxygens (including phenoxy) is 1. The average molecular weight is 397 g/mol. The van der Waals surface area contributed by atoms with Crippen molar-refractivity contribution < 1.29 is 13.9 Å². The second-order valence-corrected chi connectivity index (χ2v) is 8.48. The van der Waals surface area contributed by atoms with E-state index in [9.17, 15) is 9.18 Å². The second-order valence-electron chi connectivity index (χ2n) is 8.48. The molecule has 2 aromatic rings. The highest BCUT2D eigenvalue weighted by atomic mass is 19.1. The minimum atomic E-state index is -0.744. The molecule has 1 N–H and O–H groups in total. The summed E-state index contributed by atoms with van der Waals surface area (Å²) in [6.07, 6.45) is 0.116. The quantitative estimate of drug-likeness (QED) is 0.807. The maximum absolute atomic E-state index is 13.1. The Hall–Kier alpha value is -2.63. The molecule has 0 bridgehead atoms. The van der Waals surface area contributed by atoms with Gasteiger partial charge in [-0.15, -0.1) is 0 Å². The highest BCUT2D eigenvalue weighted by Crippen LogP contribution is 2.41. The van der Waals surface area contributed by atoms with Gasteiger partial charge in [0.15, 0.2) is 0 Å². The van der Waals surface area contributed by atoms with Gasteiger partial charge in [-0.1, -0.05) is 38.1 Å². The molecule has 5 nitrogen and oxygen atoms in total. The zero-order chi connectivity index (χ0) is 20.6. The molecule has 154 valence electrons. The van der Waals surface area contributed by atoms with Crippen molar-refractivity contribution in [2.45, 2.75) is 45.9 Å². The van der Waals surface area contributed by atoms with Crippen molar-refractivity contribution in [3.05, 3.63) is 53.2 Å². The fraction of sp³-hybridized carbons (Fsp3) is 0.478. The molecule has 2 saturated heterocycles. The van der Waals surface area contributed by atoms with Gasteiger partial charge in [0.1, 0.15) is 12.8 Å². The Bertz CT molecular complexity index is 895. The summed E-state index contributed by atoms with van der Waals surface area (Å²) >= 11 is 0. The van der Waals surface area contributed by atoms with E-state index in [0.29, 0.717) is 25.6 Å². The summed E-state index contributed by atoms with van der Waals surface area (Å²) < 4.78 is 19.0. The predicted molar refractivity (Wildman–Crippen MR) is 111 cm³/mol. The predicted octanol–water partition coefficient (Wildman–Crippen LogP) is 3.76. The Kier molecular flexibility index (Phi) is 5.19. The standard InChI is InChI=1S/C23H28FN3O2/c1-15-10-20(27-12-19(24)13-27)11-21(26-15)29-14-17-4-6-18(7-5-17)16(2)23(3)8-9-25-22(23)28/h4-7,10-11,16,19H,8-9,12-14H2,1-3H3,(H,25,28)/t16-,23?/m1/s1. The van der Waals surface area contributed by atoms with Crippen molar-refractivity contribution in [1.82, 2.24) is 10.3 Å². The van der Waals surface area contributed by atoms with Crippen LogP contribution in [-0.2, 0) is 11.4 Å². The highest BCUT2D eigenvalue weighted by Gasteiger charge is 2.42. The molecule has 0 aliphatic carbocycles. The van der Waals surface area contributed by atoms with Crippen LogP contribution in [0.1, 0.15) is 43.0 Å². The first-order valence-corrected chi connectivity index (χ1v) is 10.2. The lowest BCUT2D eigenvalue weighted by Gasteiger charge is -2.36. The van der Waals surface area contributed by atoms with Crippen LogP contribution in [0, 0.1) is 12.3 Å². The maximum Gasteiger partial charge on any atom is 0.226 e. The van der Waals surface area contributed by atoms with E-state index in [2.05, 4.69) is 29.4 Å². The van der Waals surface area contributed by atoms with Crippen molar-refractivity contribution in [3.8, 4) is 5.88 Å². The van der Waals surface area contributed by atoms with Crippen molar-refractivity contribution in [1.29, 1.82) is 0 Å². The number of benzene rings is 1. The number of nitrogens with zero attached hydrogens (tertiary/aromatic N) is 2. The lowest BCUT2D eigenvalue weighted by Crippen LogP contribution is -2.48. The van der Waals surface area contributed by atoms with Crippen molar-refractivity contribution in [3.63, 3.8) is 0 Å². The van der Waals surface area contributed by atoms with Crippen LogP contribution in [-0.4, -0.2) is 36.7 Å². The molecular formula is C23H28FN3O2. The zero-order valence-corrected chi connectivity index (χ0v) is 17.2. The first-order valence-electron chi connectivity index (χ1n) is 10.2. The maximum atomic E-state index is 13.1. The van der Waals surface area contributed by atoms with Crippen LogP contribution in [0.15, 0.2) is 36.4 Å². The van der Waals surface area contributed by atoms with Crippen LogP contribution in [0.5, 0.6) is 5.88 Å². The topological polar surface area (TPSA) is 54.5 Å². The van der Waals surface area contributed by atoms with Crippen LogP contribution < -0.4 is 15.0 Å². The van der Waals surface area contributed by atoms with E-state index in [4.69, 9.17) is 4.74 Å². The minimum Gasteiger partial charge on any atom is -0.473 e. The van der Waals surface area contributed by atoms with Gasteiger partial charge in [-0.25, -0.2) is 9.37 Å². The van der Waals surface area contributed by atoms with E-state index >= 15 is 0 Å². The first kappa shape index (κ1) is 19.7. The smallest absolute Gasteiger partial charge is 0.226 e. The van der Waals surface area contributed by atoms with Gasteiger partial charge < -0.3 is 15.0 Å². The number of pyridine rings is 1. The molecule has 6 heteroatoms. The third kappa shape index (κ3) is 3.93. The van der Waals surface area contributed by atoms with E-state index in [0.717, 1.165) is 35.5 Å². The SMILES string of the molecule is Cc1cc(N2CC(F)C2)cc(OCc2ccc([C@@H](C)C3(C)CCNC3=O)cc2)n1.